The molecule has 0 spiro atoms. The number of imide groups is 1. The van der Waals surface area contributed by atoms with Crippen LogP contribution >= 0.6 is 0 Å². The first-order valence-electron chi connectivity index (χ1n) is 12.0. The van der Waals surface area contributed by atoms with Crippen molar-refractivity contribution in [3.8, 4) is 5.75 Å². The third kappa shape index (κ3) is 4.40. The number of unbranched alkanes of at least 4 members (excludes halogenated alkanes) is 2. The maximum absolute atomic E-state index is 12.4. The predicted octanol–water partition coefficient (Wildman–Crippen LogP) is 4.65. The summed E-state index contributed by atoms with van der Waals surface area (Å²) in [6, 6.07) is 13.9. The molecule has 3 aromatic rings. The maximum atomic E-state index is 12.4. The van der Waals surface area contributed by atoms with Crippen LogP contribution in [-0.4, -0.2) is 59.4 Å². The van der Waals surface area contributed by atoms with Gasteiger partial charge in [0.15, 0.2) is 0 Å². The molecular weight excluding hydrogens is 414 g/mol. The van der Waals surface area contributed by atoms with Crippen molar-refractivity contribution in [1.82, 2.24) is 14.8 Å². The molecule has 2 aliphatic rings. The van der Waals surface area contributed by atoms with Crippen LogP contribution in [0, 0.1) is 0 Å². The van der Waals surface area contributed by atoms with Crippen LogP contribution < -0.4 is 4.74 Å². The van der Waals surface area contributed by atoms with E-state index in [0.717, 1.165) is 36.9 Å². The van der Waals surface area contributed by atoms with Gasteiger partial charge in [0, 0.05) is 29.7 Å². The van der Waals surface area contributed by atoms with Crippen LogP contribution in [0.3, 0.4) is 0 Å². The van der Waals surface area contributed by atoms with E-state index in [-0.39, 0.29) is 11.8 Å². The molecule has 0 aliphatic carbocycles. The van der Waals surface area contributed by atoms with Gasteiger partial charge in [-0.2, -0.15) is 0 Å². The lowest BCUT2D eigenvalue weighted by Crippen LogP contribution is -2.30. The Hall–Kier alpha value is -3.12. The summed E-state index contributed by atoms with van der Waals surface area (Å²) >= 11 is 0. The van der Waals surface area contributed by atoms with Crippen LogP contribution in [0.15, 0.2) is 48.7 Å². The highest BCUT2D eigenvalue weighted by Crippen LogP contribution is 2.28. The minimum absolute atomic E-state index is 0.175. The summed E-state index contributed by atoms with van der Waals surface area (Å²) in [6.45, 7) is 2.27. The highest BCUT2D eigenvalue weighted by Gasteiger charge is 2.34. The molecule has 1 saturated heterocycles. The number of ether oxygens (including phenoxy) is 1. The molecule has 1 N–H and O–H groups in total. The van der Waals surface area contributed by atoms with Gasteiger partial charge >= 0.3 is 0 Å². The van der Waals surface area contributed by atoms with Crippen molar-refractivity contribution >= 4 is 22.7 Å². The zero-order chi connectivity index (χ0) is 22.8. The van der Waals surface area contributed by atoms with E-state index >= 15 is 0 Å². The van der Waals surface area contributed by atoms with E-state index in [1.54, 1.807) is 24.3 Å². The number of likely N-dealkylation sites (tertiary alicyclic amines) is 1. The Morgan fingerprint density at radius 1 is 1.03 bits per heavy atom. The average molecular weight is 446 g/mol. The minimum Gasteiger partial charge on any atom is -0.494 e. The number of likely N-dealkylation sites (N-methyl/N-ethyl adjacent to an activating group) is 1. The van der Waals surface area contributed by atoms with Crippen LogP contribution in [0.5, 0.6) is 5.75 Å². The van der Waals surface area contributed by atoms with Gasteiger partial charge < -0.3 is 14.6 Å². The first-order valence-corrected chi connectivity index (χ1v) is 12.0. The summed E-state index contributed by atoms with van der Waals surface area (Å²) in [5.74, 6) is 0.543. The molecule has 0 saturated carbocycles. The molecule has 2 aliphatic heterocycles. The quantitative estimate of drug-likeness (QED) is 0.385. The first-order chi connectivity index (χ1) is 16.1. The van der Waals surface area contributed by atoms with Crippen LogP contribution in [0.4, 0.5) is 0 Å². The van der Waals surface area contributed by atoms with E-state index in [2.05, 4.69) is 35.3 Å². The second-order valence-corrected chi connectivity index (χ2v) is 9.22. The number of aromatic nitrogens is 1. The number of hydrogen-bond donors (Lipinski definition) is 1. The Balaban J connectivity index is 1.09. The van der Waals surface area contributed by atoms with Crippen molar-refractivity contribution in [2.24, 2.45) is 0 Å². The molecule has 2 amide bonds. The van der Waals surface area contributed by atoms with Crippen molar-refractivity contribution in [3.63, 3.8) is 0 Å². The van der Waals surface area contributed by atoms with Crippen molar-refractivity contribution in [3.05, 3.63) is 65.4 Å². The van der Waals surface area contributed by atoms with Crippen molar-refractivity contribution in [2.45, 2.75) is 44.6 Å². The van der Waals surface area contributed by atoms with E-state index in [1.165, 1.54) is 35.2 Å². The Bertz CT molecular complexity index is 1130. The van der Waals surface area contributed by atoms with Gasteiger partial charge in [-0.3, -0.25) is 14.5 Å². The minimum atomic E-state index is -0.175. The number of carbonyl (C=O) groups is 2. The second kappa shape index (κ2) is 9.40. The topological polar surface area (TPSA) is 65.6 Å². The van der Waals surface area contributed by atoms with Crippen LogP contribution in [0.1, 0.15) is 58.4 Å². The zero-order valence-electron chi connectivity index (χ0n) is 19.2. The molecule has 1 aromatic heterocycles. The summed E-state index contributed by atoms with van der Waals surface area (Å²) in [6.07, 6.45) is 8.32. The summed E-state index contributed by atoms with van der Waals surface area (Å²) in [5, 5.41) is 1.25. The predicted molar refractivity (Wildman–Crippen MR) is 129 cm³/mol. The average Bonchev–Trinajstić information content (AvgIpc) is 3.49. The van der Waals surface area contributed by atoms with Gasteiger partial charge in [0.1, 0.15) is 5.75 Å². The Labute approximate surface area is 194 Å². The lowest BCUT2D eigenvalue weighted by Gasteiger charge is -2.18. The Morgan fingerprint density at radius 3 is 2.55 bits per heavy atom. The summed E-state index contributed by atoms with van der Waals surface area (Å²) < 4.78 is 6.02. The third-order valence-corrected chi connectivity index (χ3v) is 7.04. The van der Waals surface area contributed by atoms with Gasteiger partial charge in [0.2, 0.25) is 0 Å². The molecule has 33 heavy (non-hydrogen) atoms. The Morgan fingerprint density at radius 2 is 1.82 bits per heavy atom. The summed E-state index contributed by atoms with van der Waals surface area (Å²) in [5.41, 5.74) is 3.55. The monoisotopic (exact) mass is 445 g/mol. The zero-order valence-corrected chi connectivity index (χ0v) is 19.2. The van der Waals surface area contributed by atoms with Gasteiger partial charge in [-0.05, 0) is 88.0 Å². The number of benzene rings is 2. The number of hydrogen-bond acceptors (Lipinski definition) is 4. The number of amides is 2. The molecule has 1 atom stereocenters. The summed E-state index contributed by atoms with van der Waals surface area (Å²) in [7, 11) is 2.22. The smallest absolute Gasteiger partial charge is 0.261 e. The van der Waals surface area contributed by atoms with Crippen molar-refractivity contribution < 1.29 is 14.3 Å². The number of nitrogens with zero attached hydrogens (tertiary/aromatic N) is 2. The number of aromatic amines is 1. The third-order valence-electron chi connectivity index (χ3n) is 7.04. The molecule has 6 nitrogen and oxygen atoms in total. The van der Waals surface area contributed by atoms with E-state index in [9.17, 15) is 9.59 Å². The molecule has 172 valence electrons. The molecule has 5 rings (SSSR count). The van der Waals surface area contributed by atoms with Gasteiger partial charge in [-0.1, -0.05) is 12.1 Å². The lowest BCUT2D eigenvalue weighted by molar-refractivity contribution is 0.0651. The highest BCUT2D eigenvalue weighted by atomic mass is 16.5. The standard InChI is InChI=1S/C27H31N3O3/c1-29-13-7-8-20(29)16-19-18-28-25-12-11-21(17-24(19)25)33-15-6-2-5-14-30-26(31)22-9-3-4-10-23(22)27(30)32/h3-4,9-12,17-18,20,28H,2,5-8,13-16H2,1H3/t20-/m0/s1. The fourth-order valence-corrected chi connectivity index (χ4v) is 5.09. The molecule has 0 unspecified atom stereocenters. The van der Waals surface area contributed by atoms with Crippen molar-refractivity contribution in [2.75, 3.05) is 26.7 Å². The van der Waals surface area contributed by atoms with Gasteiger partial charge in [-0.15, -0.1) is 0 Å². The van der Waals surface area contributed by atoms with E-state index < -0.39 is 0 Å². The van der Waals surface area contributed by atoms with E-state index in [1.807, 2.05) is 6.07 Å². The lowest BCUT2D eigenvalue weighted by atomic mass is 10.0. The van der Waals surface area contributed by atoms with Crippen LogP contribution in [0.2, 0.25) is 0 Å². The first kappa shape index (κ1) is 21.7. The van der Waals surface area contributed by atoms with Gasteiger partial charge in [-0.25, -0.2) is 0 Å². The molecule has 1 fully saturated rings. The van der Waals surface area contributed by atoms with Gasteiger partial charge in [0.25, 0.3) is 11.8 Å². The highest BCUT2D eigenvalue weighted by molar-refractivity contribution is 6.21. The number of carbonyl (C=O) groups excluding carboxylic acids is 2. The number of H-pyrrole nitrogens is 1. The molecular formula is C27H31N3O3. The normalized spacial score (nSPS) is 18.5. The summed E-state index contributed by atoms with van der Waals surface area (Å²) in [4.78, 5) is 32.1. The maximum Gasteiger partial charge on any atom is 0.261 e. The fourth-order valence-electron chi connectivity index (χ4n) is 5.09. The van der Waals surface area contributed by atoms with Crippen molar-refractivity contribution in [1.29, 1.82) is 0 Å². The Kier molecular flexibility index (Phi) is 6.18. The van der Waals surface area contributed by atoms with Gasteiger partial charge in [0.05, 0.1) is 17.7 Å². The second-order valence-electron chi connectivity index (χ2n) is 9.22. The molecule has 0 radical (unpaired) electrons. The number of fused-ring (bicyclic) bond motifs is 2. The van der Waals surface area contributed by atoms with E-state index in [4.69, 9.17) is 4.74 Å². The number of rotatable bonds is 9. The molecule has 6 heteroatoms. The SMILES string of the molecule is CN1CCC[C@H]1Cc1c[nH]c2ccc(OCCCCCN3C(=O)c4ccccc4C3=O)cc12. The largest absolute Gasteiger partial charge is 0.494 e. The molecule has 0 bridgehead atoms. The fraction of sp³-hybridized carbons (Fsp3) is 0.407. The molecule has 2 aromatic carbocycles. The van der Waals surface area contributed by atoms with E-state index in [0.29, 0.717) is 30.3 Å². The van der Waals surface area contributed by atoms with Crippen LogP contribution in [-0.2, 0) is 6.42 Å². The van der Waals surface area contributed by atoms with Crippen LogP contribution in [0.25, 0.3) is 10.9 Å². The number of nitrogens with one attached hydrogen (secondary N) is 1. The molecule has 3 heterocycles.